The Balaban J connectivity index is 1.50. The fraction of sp³-hybridized carbons (Fsp3) is 0.304. The van der Waals surface area contributed by atoms with Gasteiger partial charge in [0.2, 0.25) is 0 Å². The highest BCUT2D eigenvalue weighted by atomic mass is 19.1. The van der Waals surface area contributed by atoms with E-state index in [2.05, 4.69) is 44.9 Å². The monoisotopic (exact) mass is 409 g/mol. The van der Waals surface area contributed by atoms with Crippen molar-refractivity contribution in [1.82, 2.24) is 20.2 Å². The topological polar surface area (TPSA) is 63.5 Å². The van der Waals surface area contributed by atoms with Crippen LogP contribution in [0.25, 0.3) is 0 Å². The lowest BCUT2D eigenvalue weighted by Crippen LogP contribution is -2.41. The summed E-state index contributed by atoms with van der Waals surface area (Å²) in [6, 6.07) is 14.6. The Morgan fingerprint density at radius 2 is 1.97 bits per heavy atom. The Hall–Kier alpha value is -3.35. The zero-order valence-corrected chi connectivity index (χ0v) is 17.4. The van der Waals surface area contributed by atoms with E-state index >= 15 is 0 Å². The Bertz CT molecular complexity index is 925. The molecule has 0 aliphatic heterocycles. The van der Waals surface area contributed by atoms with Gasteiger partial charge >= 0.3 is 0 Å². The molecule has 1 atom stereocenters. The fourth-order valence-corrected chi connectivity index (χ4v) is 2.91. The summed E-state index contributed by atoms with van der Waals surface area (Å²) >= 11 is 0. The molecule has 1 heterocycles. The summed E-state index contributed by atoms with van der Waals surface area (Å²) in [7, 11) is 0. The first-order valence-corrected chi connectivity index (χ1v) is 10.1. The van der Waals surface area contributed by atoms with Crippen molar-refractivity contribution >= 4 is 5.96 Å². The Morgan fingerprint density at radius 3 is 2.67 bits per heavy atom. The Labute approximate surface area is 176 Å². The van der Waals surface area contributed by atoms with Crippen molar-refractivity contribution in [2.24, 2.45) is 4.99 Å². The lowest BCUT2D eigenvalue weighted by Gasteiger charge is -2.17. The van der Waals surface area contributed by atoms with Crippen molar-refractivity contribution in [1.29, 1.82) is 0 Å². The van der Waals surface area contributed by atoms with E-state index in [0.717, 1.165) is 24.6 Å². The minimum absolute atomic E-state index is 0.141. The van der Waals surface area contributed by atoms with E-state index in [1.807, 2.05) is 30.9 Å². The largest absolute Gasteiger partial charge is 0.489 e. The molecule has 3 rings (SSSR count). The third-order valence-corrected chi connectivity index (χ3v) is 4.40. The molecule has 0 fully saturated rings. The average Bonchev–Trinajstić information content (AvgIpc) is 3.24. The average molecular weight is 410 g/mol. The molecule has 158 valence electrons. The first-order chi connectivity index (χ1) is 14.6. The molecular formula is C23H28FN5O. The van der Waals surface area contributed by atoms with Crippen LogP contribution in [0.4, 0.5) is 4.39 Å². The zero-order valence-electron chi connectivity index (χ0n) is 17.4. The minimum atomic E-state index is -0.307. The van der Waals surface area contributed by atoms with Crippen LogP contribution in [0.2, 0.25) is 0 Å². The maximum absolute atomic E-state index is 13.3. The van der Waals surface area contributed by atoms with Crippen LogP contribution in [-0.4, -0.2) is 34.7 Å². The van der Waals surface area contributed by atoms with Gasteiger partial charge in [0.1, 0.15) is 17.7 Å². The normalized spacial score (nSPS) is 12.4. The van der Waals surface area contributed by atoms with Gasteiger partial charge in [0.25, 0.3) is 0 Å². The van der Waals surface area contributed by atoms with Crippen molar-refractivity contribution in [3.05, 3.63) is 84.2 Å². The third-order valence-electron chi connectivity index (χ3n) is 4.40. The highest BCUT2D eigenvalue weighted by Crippen LogP contribution is 2.13. The predicted octanol–water partition coefficient (Wildman–Crippen LogP) is 3.59. The molecule has 0 radical (unpaired) electrons. The molecule has 2 N–H and O–H groups in total. The van der Waals surface area contributed by atoms with Gasteiger partial charge in [0, 0.05) is 31.5 Å². The second kappa shape index (κ2) is 11.0. The molecule has 3 aromatic rings. The Morgan fingerprint density at radius 1 is 1.17 bits per heavy atom. The number of rotatable bonds is 9. The van der Waals surface area contributed by atoms with Crippen LogP contribution in [0.15, 0.2) is 72.2 Å². The van der Waals surface area contributed by atoms with Crippen LogP contribution in [0.3, 0.4) is 0 Å². The quantitative estimate of drug-likeness (QED) is 0.419. The lowest BCUT2D eigenvalue weighted by molar-refractivity contribution is 0.223. The molecule has 0 amide bonds. The molecule has 2 aromatic carbocycles. The Kier molecular flexibility index (Phi) is 7.83. The van der Waals surface area contributed by atoms with Gasteiger partial charge in [-0.15, -0.1) is 0 Å². The summed E-state index contributed by atoms with van der Waals surface area (Å²) in [4.78, 5) is 8.71. The number of aromatic nitrogens is 2. The van der Waals surface area contributed by atoms with Gasteiger partial charge in [-0.2, -0.15) is 0 Å². The second-order valence-corrected chi connectivity index (χ2v) is 7.01. The minimum Gasteiger partial charge on any atom is -0.489 e. The van der Waals surface area contributed by atoms with Crippen LogP contribution in [0, 0.1) is 5.82 Å². The number of halogens is 1. The van der Waals surface area contributed by atoms with E-state index in [4.69, 9.17) is 4.74 Å². The van der Waals surface area contributed by atoms with Crippen molar-refractivity contribution < 1.29 is 9.13 Å². The van der Waals surface area contributed by atoms with Crippen molar-refractivity contribution in [3.63, 3.8) is 0 Å². The number of hydrogen-bond donors (Lipinski definition) is 2. The zero-order chi connectivity index (χ0) is 21.2. The van der Waals surface area contributed by atoms with Gasteiger partial charge in [-0.3, -0.25) is 0 Å². The number of benzene rings is 2. The highest BCUT2D eigenvalue weighted by Gasteiger charge is 2.06. The molecule has 0 aliphatic carbocycles. The number of ether oxygens (including phenoxy) is 1. The van der Waals surface area contributed by atoms with E-state index < -0.39 is 0 Å². The van der Waals surface area contributed by atoms with E-state index in [1.54, 1.807) is 18.3 Å². The molecule has 7 heteroatoms. The van der Waals surface area contributed by atoms with Gasteiger partial charge in [-0.25, -0.2) is 14.4 Å². The summed E-state index contributed by atoms with van der Waals surface area (Å²) in [6.45, 7) is 6.63. The molecule has 30 heavy (non-hydrogen) atoms. The van der Waals surface area contributed by atoms with E-state index in [-0.39, 0.29) is 11.9 Å². The van der Waals surface area contributed by atoms with Gasteiger partial charge < -0.3 is 19.9 Å². The summed E-state index contributed by atoms with van der Waals surface area (Å²) < 4.78 is 21.1. The van der Waals surface area contributed by atoms with Crippen molar-refractivity contribution in [3.8, 4) is 5.75 Å². The predicted molar refractivity (Wildman–Crippen MR) is 117 cm³/mol. The number of nitrogens with zero attached hydrogens (tertiary/aromatic N) is 3. The SMILES string of the molecule is CCNC(=NCc1ccc(Cn2ccnc2)cc1)NCC(C)Oc1cccc(F)c1. The van der Waals surface area contributed by atoms with Gasteiger partial charge in [-0.05, 0) is 37.1 Å². The number of aliphatic imine (C=N–C) groups is 1. The molecular weight excluding hydrogens is 381 g/mol. The molecule has 1 unspecified atom stereocenters. The van der Waals surface area contributed by atoms with Crippen LogP contribution >= 0.6 is 0 Å². The smallest absolute Gasteiger partial charge is 0.191 e. The summed E-state index contributed by atoms with van der Waals surface area (Å²) in [6.07, 6.45) is 5.40. The molecule has 0 spiro atoms. The van der Waals surface area contributed by atoms with E-state index in [1.165, 1.54) is 17.7 Å². The third kappa shape index (κ3) is 6.92. The van der Waals surface area contributed by atoms with Gasteiger partial charge in [0.05, 0.1) is 19.4 Å². The number of nitrogens with one attached hydrogen (secondary N) is 2. The fourth-order valence-electron chi connectivity index (χ4n) is 2.91. The molecule has 1 aromatic heterocycles. The molecule has 0 saturated heterocycles. The summed E-state index contributed by atoms with van der Waals surface area (Å²) in [5, 5.41) is 6.51. The summed E-state index contributed by atoms with van der Waals surface area (Å²) in [5.41, 5.74) is 2.35. The standard InChI is InChI=1S/C23H28FN5O/c1-3-26-23(27-14-18(2)30-22-6-4-5-21(24)13-22)28-15-19-7-9-20(10-8-19)16-29-12-11-25-17-29/h4-13,17-18H,3,14-16H2,1-2H3,(H2,26,27,28). The molecule has 0 saturated carbocycles. The van der Waals surface area contributed by atoms with Crippen molar-refractivity contribution in [2.45, 2.75) is 33.0 Å². The summed E-state index contributed by atoms with van der Waals surface area (Å²) in [5.74, 6) is 0.926. The maximum Gasteiger partial charge on any atom is 0.191 e. The molecule has 0 bridgehead atoms. The second-order valence-electron chi connectivity index (χ2n) is 7.01. The van der Waals surface area contributed by atoms with Crippen LogP contribution in [-0.2, 0) is 13.1 Å². The number of imidazole rings is 1. The van der Waals surface area contributed by atoms with E-state index in [0.29, 0.717) is 18.8 Å². The maximum atomic E-state index is 13.3. The molecule has 6 nitrogen and oxygen atoms in total. The van der Waals surface area contributed by atoms with Gasteiger partial charge in [-0.1, -0.05) is 30.3 Å². The number of guanidine groups is 1. The van der Waals surface area contributed by atoms with Crippen molar-refractivity contribution in [2.75, 3.05) is 13.1 Å². The van der Waals surface area contributed by atoms with Crippen LogP contribution in [0.1, 0.15) is 25.0 Å². The van der Waals surface area contributed by atoms with Gasteiger partial charge in [0.15, 0.2) is 5.96 Å². The first kappa shape index (κ1) is 21.4. The van der Waals surface area contributed by atoms with E-state index in [9.17, 15) is 4.39 Å². The first-order valence-electron chi connectivity index (χ1n) is 10.1. The lowest BCUT2D eigenvalue weighted by atomic mass is 10.1. The number of hydrogen-bond acceptors (Lipinski definition) is 3. The van der Waals surface area contributed by atoms with Crippen LogP contribution in [0.5, 0.6) is 5.75 Å². The van der Waals surface area contributed by atoms with Crippen LogP contribution < -0.4 is 15.4 Å². The molecule has 0 aliphatic rings. The highest BCUT2D eigenvalue weighted by molar-refractivity contribution is 5.79.